The van der Waals surface area contributed by atoms with E-state index in [2.05, 4.69) is 10.6 Å². The molecular weight excluding hydrogens is 188 g/mol. The number of aliphatic hydroxyl groups is 3. The van der Waals surface area contributed by atoms with Crippen molar-refractivity contribution in [3.8, 4) is 0 Å². The van der Waals surface area contributed by atoms with Crippen molar-refractivity contribution in [1.82, 2.24) is 10.6 Å². The van der Waals surface area contributed by atoms with Crippen LogP contribution in [0.25, 0.3) is 0 Å². The smallest absolute Gasteiger partial charge is 0.239 e. The second-order valence-corrected chi connectivity index (χ2v) is 3.52. The highest BCUT2D eigenvalue weighted by Crippen LogP contribution is 2.15. The first-order valence-corrected chi connectivity index (χ1v) is 4.51. The molecule has 0 bridgehead atoms. The SMILES string of the molecule is CNC(=O)[C@@H]1N[C@@H](C)[C@H](O)[C@@H](O)[C@H]1O. The van der Waals surface area contributed by atoms with Crippen LogP contribution < -0.4 is 10.6 Å². The number of amides is 1. The molecule has 0 radical (unpaired) electrons. The lowest BCUT2D eigenvalue weighted by molar-refractivity contribution is -0.141. The molecule has 0 spiro atoms. The first-order chi connectivity index (χ1) is 6.49. The molecule has 82 valence electrons. The molecule has 0 unspecified atom stereocenters. The van der Waals surface area contributed by atoms with Crippen molar-refractivity contribution in [2.75, 3.05) is 7.05 Å². The number of carbonyl (C=O) groups excluding carboxylic acids is 1. The molecule has 5 N–H and O–H groups in total. The van der Waals surface area contributed by atoms with E-state index in [1.807, 2.05) is 0 Å². The van der Waals surface area contributed by atoms with Gasteiger partial charge in [0.25, 0.3) is 0 Å². The van der Waals surface area contributed by atoms with Gasteiger partial charge in [0.05, 0.1) is 6.10 Å². The Morgan fingerprint density at radius 2 is 1.79 bits per heavy atom. The van der Waals surface area contributed by atoms with Crippen LogP contribution in [0.15, 0.2) is 0 Å². The number of likely N-dealkylation sites (N-methyl/N-ethyl adjacent to an activating group) is 1. The Morgan fingerprint density at radius 1 is 1.21 bits per heavy atom. The Morgan fingerprint density at radius 3 is 2.29 bits per heavy atom. The van der Waals surface area contributed by atoms with Gasteiger partial charge < -0.3 is 20.6 Å². The molecule has 14 heavy (non-hydrogen) atoms. The number of rotatable bonds is 1. The summed E-state index contributed by atoms with van der Waals surface area (Å²) in [4.78, 5) is 11.2. The first-order valence-electron chi connectivity index (χ1n) is 4.51. The summed E-state index contributed by atoms with van der Waals surface area (Å²) >= 11 is 0. The normalized spacial score (nSPS) is 43.4. The van der Waals surface area contributed by atoms with Gasteiger partial charge in [0, 0.05) is 13.1 Å². The Bertz CT molecular complexity index is 223. The van der Waals surface area contributed by atoms with Gasteiger partial charge in [-0.1, -0.05) is 0 Å². The zero-order valence-electron chi connectivity index (χ0n) is 8.14. The molecule has 1 aliphatic heterocycles. The van der Waals surface area contributed by atoms with E-state index in [4.69, 9.17) is 0 Å². The van der Waals surface area contributed by atoms with Crippen molar-refractivity contribution in [2.45, 2.75) is 37.3 Å². The summed E-state index contributed by atoms with van der Waals surface area (Å²) < 4.78 is 0. The molecule has 0 aromatic carbocycles. The number of piperidine rings is 1. The molecule has 1 aliphatic rings. The van der Waals surface area contributed by atoms with E-state index in [9.17, 15) is 20.1 Å². The predicted octanol–water partition coefficient (Wildman–Crippen LogP) is -2.82. The van der Waals surface area contributed by atoms with E-state index in [0.717, 1.165) is 0 Å². The van der Waals surface area contributed by atoms with E-state index in [0.29, 0.717) is 0 Å². The predicted molar refractivity (Wildman–Crippen MR) is 48.5 cm³/mol. The molecule has 6 nitrogen and oxygen atoms in total. The third kappa shape index (κ3) is 1.88. The maximum atomic E-state index is 11.2. The van der Waals surface area contributed by atoms with E-state index >= 15 is 0 Å². The Balaban J connectivity index is 2.75. The van der Waals surface area contributed by atoms with Gasteiger partial charge in [-0.05, 0) is 6.92 Å². The van der Waals surface area contributed by atoms with Crippen LogP contribution in [-0.2, 0) is 4.79 Å². The maximum Gasteiger partial charge on any atom is 0.239 e. The van der Waals surface area contributed by atoms with E-state index in [1.165, 1.54) is 7.05 Å². The third-order valence-electron chi connectivity index (χ3n) is 2.52. The van der Waals surface area contributed by atoms with Gasteiger partial charge in [0.1, 0.15) is 18.2 Å². The number of hydrogen-bond donors (Lipinski definition) is 5. The summed E-state index contributed by atoms with van der Waals surface area (Å²) in [6, 6.07) is -1.32. The summed E-state index contributed by atoms with van der Waals surface area (Å²) in [5.74, 6) is -0.407. The van der Waals surface area contributed by atoms with Crippen LogP contribution in [0, 0.1) is 0 Å². The van der Waals surface area contributed by atoms with Crippen molar-refractivity contribution < 1.29 is 20.1 Å². The minimum absolute atomic E-state index is 0.407. The lowest BCUT2D eigenvalue weighted by Crippen LogP contribution is -2.67. The summed E-state index contributed by atoms with van der Waals surface area (Å²) in [6.07, 6.45) is -3.65. The number of hydrogen-bond acceptors (Lipinski definition) is 5. The van der Waals surface area contributed by atoms with E-state index in [-0.39, 0.29) is 0 Å². The van der Waals surface area contributed by atoms with Crippen LogP contribution in [0.1, 0.15) is 6.92 Å². The molecule has 0 aromatic rings. The summed E-state index contributed by atoms with van der Waals surface area (Å²) in [7, 11) is 1.44. The van der Waals surface area contributed by atoms with Gasteiger partial charge in [0.15, 0.2) is 0 Å². The monoisotopic (exact) mass is 204 g/mol. The fraction of sp³-hybridized carbons (Fsp3) is 0.875. The van der Waals surface area contributed by atoms with Gasteiger partial charge >= 0.3 is 0 Å². The highest BCUT2D eigenvalue weighted by atomic mass is 16.4. The molecule has 0 saturated carbocycles. The highest BCUT2D eigenvalue weighted by Gasteiger charge is 2.43. The van der Waals surface area contributed by atoms with Crippen LogP contribution in [0.4, 0.5) is 0 Å². The molecule has 1 heterocycles. The fourth-order valence-electron chi connectivity index (χ4n) is 1.56. The molecule has 1 amide bonds. The minimum Gasteiger partial charge on any atom is -0.389 e. The number of carbonyl (C=O) groups is 1. The van der Waals surface area contributed by atoms with Crippen LogP contribution in [0.5, 0.6) is 0 Å². The molecule has 1 rings (SSSR count). The third-order valence-corrected chi connectivity index (χ3v) is 2.52. The second kappa shape index (κ2) is 4.22. The van der Waals surface area contributed by atoms with Gasteiger partial charge in [-0.15, -0.1) is 0 Å². The van der Waals surface area contributed by atoms with Crippen molar-refractivity contribution in [3.05, 3.63) is 0 Å². The van der Waals surface area contributed by atoms with Crippen LogP contribution in [-0.4, -0.2) is 58.7 Å². The molecular formula is C8H16N2O4. The van der Waals surface area contributed by atoms with Gasteiger partial charge in [-0.25, -0.2) is 0 Å². The quantitative estimate of drug-likeness (QED) is 0.317. The van der Waals surface area contributed by atoms with Gasteiger partial charge in [0.2, 0.25) is 5.91 Å². The van der Waals surface area contributed by atoms with Crippen LogP contribution in [0.3, 0.4) is 0 Å². The average Bonchev–Trinajstić information content (AvgIpc) is 2.19. The van der Waals surface area contributed by atoms with Crippen LogP contribution >= 0.6 is 0 Å². The first kappa shape index (κ1) is 11.4. The Labute approximate surface area is 81.9 Å². The summed E-state index contributed by atoms with van der Waals surface area (Å²) in [5, 5.41) is 33.4. The lowest BCUT2D eigenvalue weighted by atomic mass is 9.91. The topological polar surface area (TPSA) is 102 Å². The largest absolute Gasteiger partial charge is 0.389 e. The Hall–Kier alpha value is -0.690. The number of nitrogens with one attached hydrogen (secondary N) is 2. The van der Waals surface area contributed by atoms with E-state index < -0.39 is 36.3 Å². The maximum absolute atomic E-state index is 11.2. The molecule has 1 fully saturated rings. The molecule has 6 heteroatoms. The molecule has 0 aromatic heterocycles. The standard InChI is InChI=1S/C8H16N2O4/c1-3-5(11)7(13)6(12)4(10-3)8(14)9-2/h3-7,10-13H,1-2H3,(H,9,14)/t3-,4+,5-,6-,7+/m0/s1. The molecule has 0 aliphatic carbocycles. The molecule has 1 saturated heterocycles. The van der Waals surface area contributed by atoms with Gasteiger partial charge in [-0.3, -0.25) is 10.1 Å². The zero-order valence-corrected chi connectivity index (χ0v) is 8.14. The number of aliphatic hydroxyl groups excluding tert-OH is 3. The van der Waals surface area contributed by atoms with Crippen molar-refractivity contribution in [1.29, 1.82) is 0 Å². The average molecular weight is 204 g/mol. The second-order valence-electron chi connectivity index (χ2n) is 3.52. The van der Waals surface area contributed by atoms with Crippen molar-refractivity contribution in [2.24, 2.45) is 0 Å². The zero-order chi connectivity index (χ0) is 10.9. The Kier molecular flexibility index (Phi) is 3.43. The van der Waals surface area contributed by atoms with Crippen molar-refractivity contribution >= 4 is 5.91 Å². The minimum atomic E-state index is -1.30. The van der Waals surface area contributed by atoms with Crippen LogP contribution in [0.2, 0.25) is 0 Å². The highest BCUT2D eigenvalue weighted by molar-refractivity contribution is 5.82. The summed E-state index contributed by atoms with van der Waals surface area (Å²) in [6.45, 7) is 1.63. The fourth-order valence-corrected chi connectivity index (χ4v) is 1.56. The van der Waals surface area contributed by atoms with Crippen molar-refractivity contribution in [3.63, 3.8) is 0 Å². The molecule has 5 atom stereocenters. The van der Waals surface area contributed by atoms with Gasteiger partial charge in [-0.2, -0.15) is 0 Å². The summed E-state index contributed by atoms with van der Waals surface area (Å²) in [5.41, 5.74) is 0. The van der Waals surface area contributed by atoms with E-state index in [1.54, 1.807) is 6.92 Å². The lowest BCUT2D eigenvalue weighted by Gasteiger charge is -2.39.